The lowest BCUT2D eigenvalue weighted by atomic mass is 9.87. The van der Waals surface area contributed by atoms with E-state index in [9.17, 15) is 4.39 Å². The van der Waals surface area contributed by atoms with Gasteiger partial charge in [0.2, 0.25) is 0 Å². The zero-order chi connectivity index (χ0) is 13.0. The molecule has 0 radical (unpaired) electrons. The Bertz CT molecular complexity index is 388. The zero-order valence-electron chi connectivity index (χ0n) is 10.8. The van der Waals surface area contributed by atoms with Gasteiger partial charge in [-0.05, 0) is 36.0 Å². The molecular weight excluding hydrogens is 251 g/mol. The normalized spacial score (nSPS) is 17.9. The van der Waals surface area contributed by atoms with Crippen molar-refractivity contribution in [3.8, 4) is 5.75 Å². The Morgan fingerprint density at radius 2 is 2.11 bits per heavy atom. The predicted molar refractivity (Wildman–Crippen MR) is 72.8 cm³/mol. The number of ether oxygens (including phenoxy) is 1. The van der Waals surface area contributed by atoms with Gasteiger partial charge in [-0.25, -0.2) is 4.39 Å². The third kappa shape index (κ3) is 3.17. The number of rotatable bonds is 5. The van der Waals surface area contributed by atoms with Gasteiger partial charge in [-0.15, -0.1) is 11.6 Å². The monoisotopic (exact) mass is 270 g/mol. The standard InChI is InChI=1S/C15H20ClFO/c1-18-15-7-6-11(9-14(15)17)8-13(10-16)12-4-2-3-5-12/h6-7,9,12-13H,2-5,8,10H2,1H3. The molecule has 2 rings (SSSR count). The fraction of sp³-hybridized carbons (Fsp3) is 0.600. The van der Waals surface area contributed by atoms with Gasteiger partial charge in [0.05, 0.1) is 7.11 Å². The van der Waals surface area contributed by atoms with Crippen LogP contribution in [0.3, 0.4) is 0 Å². The molecule has 100 valence electrons. The molecule has 0 spiro atoms. The average Bonchev–Trinajstić information content (AvgIpc) is 2.90. The summed E-state index contributed by atoms with van der Waals surface area (Å²) in [5.41, 5.74) is 1.02. The van der Waals surface area contributed by atoms with Crippen LogP contribution in [0.4, 0.5) is 4.39 Å². The summed E-state index contributed by atoms with van der Waals surface area (Å²) in [6.45, 7) is 0. The lowest BCUT2D eigenvalue weighted by Crippen LogP contribution is -2.16. The van der Waals surface area contributed by atoms with Crippen molar-refractivity contribution in [2.75, 3.05) is 13.0 Å². The number of halogens is 2. The quantitative estimate of drug-likeness (QED) is 0.720. The van der Waals surface area contributed by atoms with Crippen molar-refractivity contribution in [3.63, 3.8) is 0 Å². The first-order chi connectivity index (χ1) is 8.74. The highest BCUT2D eigenvalue weighted by molar-refractivity contribution is 6.18. The first-order valence-electron chi connectivity index (χ1n) is 6.63. The Hall–Kier alpha value is -0.760. The topological polar surface area (TPSA) is 9.23 Å². The molecule has 1 aliphatic rings. The molecule has 0 N–H and O–H groups in total. The number of alkyl halides is 1. The van der Waals surface area contributed by atoms with E-state index in [2.05, 4.69) is 0 Å². The van der Waals surface area contributed by atoms with Gasteiger partial charge in [-0.2, -0.15) is 0 Å². The van der Waals surface area contributed by atoms with Crippen molar-refractivity contribution < 1.29 is 9.13 Å². The number of benzene rings is 1. The van der Waals surface area contributed by atoms with Gasteiger partial charge in [0.25, 0.3) is 0 Å². The first-order valence-corrected chi connectivity index (χ1v) is 7.16. The van der Waals surface area contributed by atoms with Crippen LogP contribution in [0.15, 0.2) is 18.2 Å². The lowest BCUT2D eigenvalue weighted by molar-refractivity contribution is 0.366. The van der Waals surface area contributed by atoms with Gasteiger partial charge in [0, 0.05) is 5.88 Å². The molecule has 0 aromatic heterocycles. The molecule has 1 unspecified atom stereocenters. The molecule has 1 fully saturated rings. The molecule has 0 amide bonds. The highest BCUT2D eigenvalue weighted by Gasteiger charge is 2.24. The van der Waals surface area contributed by atoms with Gasteiger partial charge in [0.15, 0.2) is 11.6 Å². The molecule has 1 atom stereocenters. The lowest BCUT2D eigenvalue weighted by Gasteiger charge is -2.21. The van der Waals surface area contributed by atoms with E-state index in [4.69, 9.17) is 16.3 Å². The van der Waals surface area contributed by atoms with Gasteiger partial charge < -0.3 is 4.74 Å². The summed E-state index contributed by atoms with van der Waals surface area (Å²) in [5.74, 6) is 1.88. The van der Waals surface area contributed by atoms with Crippen molar-refractivity contribution in [2.45, 2.75) is 32.1 Å². The SMILES string of the molecule is COc1ccc(CC(CCl)C2CCCC2)cc1F. The fourth-order valence-electron chi connectivity index (χ4n) is 2.92. The molecular formula is C15H20ClFO. The van der Waals surface area contributed by atoms with E-state index in [-0.39, 0.29) is 5.82 Å². The molecule has 1 aliphatic carbocycles. The van der Waals surface area contributed by atoms with E-state index >= 15 is 0 Å². The van der Waals surface area contributed by atoms with Crippen LogP contribution >= 0.6 is 11.6 Å². The van der Waals surface area contributed by atoms with Gasteiger partial charge >= 0.3 is 0 Å². The van der Waals surface area contributed by atoms with Crippen LogP contribution in [0.1, 0.15) is 31.2 Å². The summed E-state index contributed by atoms with van der Waals surface area (Å²) in [4.78, 5) is 0. The van der Waals surface area contributed by atoms with Crippen molar-refractivity contribution in [1.29, 1.82) is 0 Å². The summed E-state index contributed by atoms with van der Waals surface area (Å²) in [7, 11) is 1.48. The summed E-state index contributed by atoms with van der Waals surface area (Å²) >= 11 is 6.08. The predicted octanol–water partition coefficient (Wildman–Crippen LogP) is 4.42. The highest BCUT2D eigenvalue weighted by Crippen LogP contribution is 2.34. The van der Waals surface area contributed by atoms with Crippen LogP contribution in [0.25, 0.3) is 0 Å². The maximum atomic E-state index is 13.6. The van der Waals surface area contributed by atoms with Crippen LogP contribution in [-0.4, -0.2) is 13.0 Å². The number of hydrogen-bond donors (Lipinski definition) is 0. The molecule has 18 heavy (non-hydrogen) atoms. The summed E-state index contributed by atoms with van der Waals surface area (Å²) in [5, 5.41) is 0. The molecule has 1 nitrogen and oxygen atoms in total. The van der Waals surface area contributed by atoms with Crippen LogP contribution in [0, 0.1) is 17.7 Å². The zero-order valence-corrected chi connectivity index (χ0v) is 11.5. The second-order valence-corrected chi connectivity index (χ2v) is 5.44. The average molecular weight is 271 g/mol. The molecule has 1 aromatic carbocycles. The molecule has 0 bridgehead atoms. The Morgan fingerprint density at radius 3 is 2.67 bits per heavy atom. The number of methoxy groups -OCH3 is 1. The first kappa shape index (κ1) is 13.7. The Labute approximate surface area is 113 Å². The summed E-state index contributed by atoms with van der Waals surface area (Å²) in [6, 6.07) is 5.22. The molecule has 0 saturated heterocycles. The van der Waals surface area contributed by atoms with Crippen LogP contribution in [-0.2, 0) is 6.42 Å². The number of hydrogen-bond acceptors (Lipinski definition) is 1. The van der Waals surface area contributed by atoms with E-state index in [0.717, 1.165) is 12.0 Å². The molecule has 3 heteroatoms. The second kappa shape index (κ2) is 6.42. The maximum absolute atomic E-state index is 13.6. The Kier molecular flexibility index (Phi) is 4.87. The largest absolute Gasteiger partial charge is 0.494 e. The molecule has 1 aromatic rings. The molecule has 1 saturated carbocycles. The van der Waals surface area contributed by atoms with E-state index in [0.29, 0.717) is 23.5 Å². The van der Waals surface area contributed by atoms with Gasteiger partial charge in [-0.1, -0.05) is 31.7 Å². The Morgan fingerprint density at radius 1 is 1.39 bits per heavy atom. The van der Waals surface area contributed by atoms with Gasteiger partial charge in [0.1, 0.15) is 0 Å². The van der Waals surface area contributed by atoms with Crippen LogP contribution in [0.2, 0.25) is 0 Å². The minimum absolute atomic E-state index is 0.283. The smallest absolute Gasteiger partial charge is 0.165 e. The van der Waals surface area contributed by atoms with Crippen molar-refractivity contribution >= 4 is 11.6 Å². The second-order valence-electron chi connectivity index (χ2n) is 5.13. The van der Waals surface area contributed by atoms with Crippen molar-refractivity contribution in [2.24, 2.45) is 11.8 Å². The minimum Gasteiger partial charge on any atom is -0.494 e. The van der Waals surface area contributed by atoms with E-state index in [1.165, 1.54) is 32.8 Å². The third-order valence-electron chi connectivity index (χ3n) is 3.98. The van der Waals surface area contributed by atoms with Gasteiger partial charge in [-0.3, -0.25) is 0 Å². The fourth-order valence-corrected chi connectivity index (χ4v) is 3.28. The third-order valence-corrected chi connectivity index (χ3v) is 4.38. The summed E-state index contributed by atoms with van der Waals surface area (Å²) < 4.78 is 18.6. The van der Waals surface area contributed by atoms with Crippen molar-refractivity contribution in [1.82, 2.24) is 0 Å². The minimum atomic E-state index is -0.283. The van der Waals surface area contributed by atoms with E-state index in [1.54, 1.807) is 12.1 Å². The van der Waals surface area contributed by atoms with E-state index in [1.807, 2.05) is 6.07 Å². The maximum Gasteiger partial charge on any atom is 0.165 e. The van der Waals surface area contributed by atoms with Crippen molar-refractivity contribution in [3.05, 3.63) is 29.6 Å². The van der Waals surface area contributed by atoms with Crippen LogP contribution in [0.5, 0.6) is 5.75 Å². The molecule has 0 heterocycles. The van der Waals surface area contributed by atoms with Crippen LogP contribution < -0.4 is 4.74 Å². The Balaban J connectivity index is 2.04. The summed E-state index contributed by atoms with van der Waals surface area (Å²) in [6.07, 6.45) is 6.05. The highest BCUT2D eigenvalue weighted by atomic mass is 35.5. The molecule has 0 aliphatic heterocycles. The van der Waals surface area contributed by atoms with E-state index < -0.39 is 0 Å².